The van der Waals surface area contributed by atoms with E-state index >= 15 is 0 Å². The van der Waals surface area contributed by atoms with E-state index in [0.29, 0.717) is 32.2 Å². The van der Waals surface area contributed by atoms with E-state index in [2.05, 4.69) is 0 Å². The predicted molar refractivity (Wildman–Crippen MR) is 90.4 cm³/mol. The third kappa shape index (κ3) is 5.33. The summed E-state index contributed by atoms with van der Waals surface area (Å²) in [6.07, 6.45) is 2.92. The SMILES string of the molecule is O=C(O)C1CCCCN1C(=O)CS(=O)(=O)CCCc1ccccc1. The molecule has 1 aliphatic heterocycles. The van der Waals surface area contributed by atoms with Crippen LogP contribution in [0.3, 0.4) is 0 Å². The Balaban J connectivity index is 1.88. The van der Waals surface area contributed by atoms with E-state index in [9.17, 15) is 23.1 Å². The van der Waals surface area contributed by atoms with Gasteiger partial charge in [-0.2, -0.15) is 0 Å². The van der Waals surface area contributed by atoms with Crippen molar-refractivity contribution in [1.82, 2.24) is 4.90 Å². The molecule has 2 rings (SSSR count). The van der Waals surface area contributed by atoms with Gasteiger partial charge in [-0.3, -0.25) is 4.79 Å². The van der Waals surface area contributed by atoms with Crippen LogP contribution < -0.4 is 0 Å². The molecule has 132 valence electrons. The van der Waals surface area contributed by atoms with Crippen molar-refractivity contribution in [2.75, 3.05) is 18.1 Å². The van der Waals surface area contributed by atoms with Gasteiger partial charge in [0.25, 0.3) is 0 Å². The quantitative estimate of drug-likeness (QED) is 0.802. The summed E-state index contributed by atoms with van der Waals surface area (Å²) >= 11 is 0. The van der Waals surface area contributed by atoms with Gasteiger partial charge >= 0.3 is 5.97 Å². The van der Waals surface area contributed by atoms with Crippen LogP contribution in [0.5, 0.6) is 0 Å². The number of carbonyl (C=O) groups excluding carboxylic acids is 1. The molecule has 1 atom stereocenters. The normalized spacial score (nSPS) is 18.3. The number of amides is 1. The Morgan fingerprint density at radius 2 is 1.88 bits per heavy atom. The fraction of sp³-hybridized carbons (Fsp3) is 0.529. The minimum atomic E-state index is -3.53. The molecule has 1 amide bonds. The summed E-state index contributed by atoms with van der Waals surface area (Å²) < 4.78 is 24.3. The molecule has 0 aromatic heterocycles. The van der Waals surface area contributed by atoms with E-state index in [0.717, 1.165) is 12.0 Å². The van der Waals surface area contributed by atoms with Crippen LogP contribution >= 0.6 is 0 Å². The molecule has 6 nitrogen and oxygen atoms in total. The van der Waals surface area contributed by atoms with Crippen LogP contribution in [0.15, 0.2) is 30.3 Å². The van der Waals surface area contributed by atoms with Gasteiger partial charge in [-0.05, 0) is 37.7 Å². The Kier molecular flexibility index (Phi) is 6.36. The Hall–Kier alpha value is -1.89. The van der Waals surface area contributed by atoms with Gasteiger partial charge in [-0.15, -0.1) is 0 Å². The summed E-state index contributed by atoms with van der Waals surface area (Å²) in [5.41, 5.74) is 1.06. The first-order chi connectivity index (χ1) is 11.4. The molecule has 0 bridgehead atoms. The molecule has 0 saturated carbocycles. The van der Waals surface area contributed by atoms with Crippen molar-refractivity contribution >= 4 is 21.7 Å². The number of aryl methyl sites for hydroxylation is 1. The average molecular weight is 353 g/mol. The molecule has 1 aromatic rings. The van der Waals surface area contributed by atoms with Gasteiger partial charge in [0, 0.05) is 6.54 Å². The summed E-state index contributed by atoms with van der Waals surface area (Å²) in [6, 6.07) is 8.67. The number of hydrogen-bond donors (Lipinski definition) is 1. The van der Waals surface area contributed by atoms with Gasteiger partial charge in [-0.1, -0.05) is 30.3 Å². The molecule has 24 heavy (non-hydrogen) atoms. The van der Waals surface area contributed by atoms with Gasteiger partial charge in [-0.25, -0.2) is 13.2 Å². The highest BCUT2D eigenvalue weighted by Gasteiger charge is 2.33. The van der Waals surface area contributed by atoms with E-state index in [-0.39, 0.29) is 5.75 Å². The second-order valence-electron chi connectivity index (χ2n) is 6.12. The van der Waals surface area contributed by atoms with E-state index in [4.69, 9.17) is 0 Å². The maximum Gasteiger partial charge on any atom is 0.326 e. The molecule has 1 fully saturated rings. The zero-order valence-corrected chi connectivity index (χ0v) is 14.4. The van der Waals surface area contributed by atoms with Crippen LogP contribution in [-0.2, 0) is 25.8 Å². The molecule has 1 unspecified atom stereocenters. The number of rotatable bonds is 7. The van der Waals surface area contributed by atoms with Crippen molar-refractivity contribution in [3.05, 3.63) is 35.9 Å². The van der Waals surface area contributed by atoms with Crippen LogP contribution in [0, 0.1) is 0 Å². The van der Waals surface area contributed by atoms with Crippen LogP contribution in [0.2, 0.25) is 0 Å². The number of carbonyl (C=O) groups is 2. The first kappa shape index (κ1) is 18.4. The highest BCUT2D eigenvalue weighted by molar-refractivity contribution is 7.92. The second-order valence-corrected chi connectivity index (χ2v) is 8.30. The molecule has 0 aliphatic carbocycles. The minimum absolute atomic E-state index is 0.0702. The number of benzene rings is 1. The monoisotopic (exact) mass is 353 g/mol. The fourth-order valence-corrected chi connectivity index (χ4v) is 4.24. The number of hydrogen-bond acceptors (Lipinski definition) is 4. The van der Waals surface area contributed by atoms with Gasteiger partial charge in [0.1, 0.15) is 11.8 Å². The number of piperidine rings is 1. The summed E-state index contributed by atoms with van der Waals surface area (Å²) in [6.45, 7) is 0.315. The Bertz CT molecular complexity index is 671. The van der Waals surface area contributed by atoms with Gasteiger partial charge < -0.3 is 10.0 Å². The van der Waals surface area contributed by atoms with Crippen LogP contribution in [0.4, 0.5) is 0 Å². The lowest BCUT2D eigenvalue weighted by molar-refractivity contribution is -0.151. The predicted octanol–water partition coefficient (Wildman–Crippen LogP) is 1.50. The highest BCUT2D eigenvalue weighted by atomic mass is 32.2. The van der Waals surface area contributed by atoms with Crippen molar-refractivity contribution < 1.29 is 23.1 Å². The molecule has 0 spiro atoms. The molecule has 7 heteroatoms. The largest absolute Gasteiger partial charge is 0.480 e. The smallest absolute Gasteiger partial charge is 0.326 e. The maximum absolute atomic E-state index is 12.2. The van der Waals surface area contributed by atoms with Crippen LogP contribution in [-0.4, -0.2) is 54.4 Å². The highest BCUT2D eigenvalue weighted by Crippen LogP contribution is 2.18. The van der Waals surface area contributed by atoms with E-state index in [1.54, 1.807) is 0 Å². The summed E-state index contributed by atoms with van der Waals surface area (Å²) in [4.78, 5) is 24.7. The number of carboxylic acid groups (broad SMARTS) is 1. The third-order valence-corrected chi connectivity index (χ3v) is 5.81. The van der Waals surface area contributed by atoms with E-state index in [1.165, 1.54) is 4.90 Å². The molecule has 1 N–H and O–H groups in total. The van der Waals surface area contributed by atoms with Crippen molar-refractivity contribution in [3.63, 3.8) is 0 Å². The molecule has 0 radical (unpaired) electrons. The summed E-state index contributed by atoms with van der Waals surface area (Å²) in [5, 5.41) is 9.18. The van der Waals surface area contributed by atoms with Gasteiger partial charge in [0.05, 0.1) is 5.75 Å². The minimum Gasteiger partial charge on any atom is -0.480 e. The lowest BCUT2D eigenvalue weighted by Crippen LogP contribution is -2.49. The molecule has 1 aliphatic rings. The van der Waals surface area contributed by atoms with Crippen LogP contribution in [0.25, 0.3) is 0 Å². The van der Waals surface area contributed by atoms with E-state index in [1.807, 2.05) is 30.3 Å². The van der Waals surface area contributed by atoms with Gasteiger partial charge in [0.2, 0.25) is 5.91 Å². The Morgan fingerprint density at radius 3 is 2.54 bits per heavy atom. The molecule has 1 saturated heterocycles. The Morgan fingerprint density at radius 1 is 1.17 bits per heavy atom. The maximum atomic E-state index is 12.2. The number of sulfone groups is 1. The number of carboxylic acids is 1. The summed E-state index contributed by atoms with van der Waals surface area (Å²) in [5.74, 6) is -2.34. The average Bonchev–Trinajstić information content (AvgIpc) is 2.55. The molecule has 1 heterocycles. The zero-order chi connectivity index (χ0) is 17.6. The number of aliphatic carboxylic acids is 1. The van der Waals surface area contributed by atoms with Crippen molar-refractivity contribution in [1.29, 1.82) is 0 Å². The summed E-state index contributed by atoms with van der Waals surface area (Å²) in [7, 11) is -3.53. The first-order valence-corrected chi connectivity index (χ1v) is 9.98. The standard InChI is InChI=1S/C17H23NO5S/c19-16(18-11-5-4-10-15(18)17(20)21)13-24(22,23)12-6-9-14-7-2-1-3-8-14/h1-3,7-8,15H,4-6,9-13H2,(H,20,21). The Labute approximate surface area is 142 Å². The van der Waals surface area contributed by atoms with E-state index < -0.39 is 33.5 Å². The lowest BCUT2D eigenvalue weighted by atomic mass is 10.0. The fourth-order valence-electron chi connectivity index (χ4n) is 2.97. The second kappa shape index (κ2) is 8.28. The molecular formula is C17H23NO5S. The zero-order valence-electron chi connectivity index (χ0n) is 13.6. The first-order valence-electron chi connectivity index (χ1n) is 8.16. The third-order valence-electron chi connectivity index (χ3n) is 4.22. The topological polar surface area (TPSA) is 91.8 Å². The van der Waals surface area contributed by atoms with Gasteiger partial charge in [0.15, 0.2) is 9.84 Å². The number of nitrogens with zero attached hydrogens (tertiary/aromatic N) is 1. The molecular weight excluding hydrogens is 330 g/mol. The van der Waals surface area contributed by atoms with Crippen molar-refractivity contribution in [2.24, 2.45) is 0 Å². The van der Waals surface area contributed by atoms with Crippen LogP contribution in [0.1, 0.15) is 31.2 Å². The number of likely N-dealkylation sites (tertiary alicyclic amines) is 1. The lowest BCUT2D eigenvalue weighted by Gasteiger charge is -2.32. The molecule has 1 aromatic carbocycles. The van der Waals surface area contributed by atoms with Crippen molar-refractivity contribution in [3.8, 4) is 0 Å². The van der Waals surface area contributed by atoms with Crippen molar-refractivity contribution in [2.45, 2.75) is 38.1 Å².